The molecule has 1 aliphatic rings. The Bertz CT molecular complexity index is 246. The van der Waals surface area contributed by atoms with E-state index in [0.29, 0.717) is 17.4 Å². The molecule has 0 aromatic rings. The molecule has 0 aliphatic heterocycles. The average molecular weight is 252 g/mol. The molecule has 0 N–H and O–H groups in total. The van der Waals surface area contributed by atoms with Gasteiger partial charge in [0, 0.05) is 6.61 Å². The van der Waals surface area contributed by atoms with E-state index in [9.17, 15) is 0 Å². The van der Waals surface area contributed by atoms with Gasteiger partial charge in [-0.1, -0.05) is 59.6 Å². The van der Waals surface area contributed by atoms with E-state index < -0.39 is 0 Å². The zero-order valence-corrected chi connectivity index (χ0v) is 13.0. The summed E-state index contributed by atoms with van der Waals surface area (Å²) in [6.07, 6.45) is 11.3. The number of allylic oxidation sites excluding steroid dienone is 1. The van der Waals surface area contributed by atoms with Crippen LogP contribution >= 0.6 is 0 Å². The highest BCUT2D eigenvalue weighted by Gasteiger charge is 2.40. The number of ether oxygens (including phenoxy) is 1. The highest BCUT2D eigenvalue weighted by molar-refractivity contribution is 5.01. The van der Waals surface area contributed by atoms with E-state index in [1.807, 2.05) is 0 Å². The van der Waals surface area contributed by atoms with Crippen LogP contribution in [-0.2, 0) is 4.74 Å². The fraction of sp³-hybridized carbons (Fsp3) is 0.882. The van der Waals surface area contributed by atoms with Crippen molar-refractivity contribution >= 4 is 0 Å². The van der Waals surface area contributed by atoms with Crippen molar-refractivity contribution in [1.82, 2.24) is 0 Å². The third kappa shape index (κ3) is 5.14. The molecule has 18 heavy (non-hydrogen) atoms. The highest BCUT2D eigenvalue weighted by atomic mass is 16.5. The largest absolute Gasteiger partial charge is 0.374 e. The monoisotopic (exact) mass is 252 g/mol. The van der Waals surface area contributed by atoms with Crippen LogP contribution in [0.4, 0.5) is 0 Å². The Labute approximate surface area is 114 Å². The van der Waals surface area contributed by atoms with E-state index in [2.05, 4.69) is 46.8 Å². The van der Waals surface area contributed by atoms with E-state index in [-0.39, 0.29) is 0 Å². The molecule has 1 unspecified atom stereocenters. The third-order valence-electron chi connectivity index (χ3n) is 4.18. The average Bonchev–Trinajstić information content (AvgIpc) is 2.30. The molecule has 2 atom stereocenters. The van der Waals surface area contributed by atoms with Gasteiger partial charge in [0.1, 0.15) is 0 Å². The molecule has 0 aromatic carbocycles. The van der Waals surface area contributed by atoms with Crippen molar-refractivity contribution in [1.29, 1.82) is 0 Å². The van der Waals surface area contributed by atoms with E-state index in [4.69, 9.17) is 4.74 Å². The summed E-state index contributed by atoms with van der Waals surface area (Å²) in [6, 6.07) is 0. The molecular formula is C17H32O. The zero-order chi connectivity index (χ0) is 13.6. The van der Waals surface area contributed by atoms with Gasteiger partial charge in [-0.2, -0.15) is 0 Å². The number of hydrogen-bond donors (Lipinski definition) is 0. The molecule has 0 heterocycles. The Morgan fingerprint density at radius 3 is 2.39 bits per heavy atom. The third-order valence-corrected chi connectivity index (χ3v) is 4.18. The van der Waals surface area contributed by atoms with E-state index in [1.165, 1.54) is 32.1 Å². The van der Waals surface area contributed by atoms with Crippen LogP contribution in [0.1, 0.15) is 66.7 Å². The molecular weight excluding hydrogens is 220 g/mol. The van der Waals surface area contributed by atoms with Gasteiger partial charge in [0.25, 0.3) is 0 Å². The lowest BCUT2D eigenvalue weighted by Gasteiger charge is -2.45. The number of rotatable bonds is 8. The summed E-state index contributed by atoms with van der Waals surface area (Å²) in [7, 11) is 0. The summed E-state index contributed by atoms with van der Waals surface area (Å²) in [4.78, 5) is 0. The molecule has 1 saturated carbocycles. The van der Waals surface area contributed by atoms with Gasteiger partial charge in [0.05, 0.1) is 6.10 Å². The van der Waals surface area contributed by atoms with Crippen LogP contribution in [-0.4, -0.2) is 12.7 Å². The van der Waals surface area contributed by atoms with Gasteiger partial charge in [-0.15, -0.1) is 0 Å². The predicted molar refractivity (Wildman–Crippen MR) is 79.7 cm³/mol. The summed E-state index contributed by atoms with van der Waals surface area (Å²) < 4.78 is 6.09. The van der Waals surface area contributed by atoms with Crippen LogP contribution in [0.15, 0.2) is 12.2 Å². The second kappa shape index (κ2) is 7.33. The van der Waals surface area contributed by atoms with Crippen molar-refractivity contribution in [2.24, 2.45) is 17.3 Å². The molecule has 1 aliphatic carbocycles. The van der Waals surface area contributed by atoms with Crippen molar-refractivity contribution in [3.63, 3.8) is 0 Å². The molecule has 0 aromatic heterocycles. The first-order chi connectivity index (χ1) is 8.48. The predicted octanol–water partition coefficient (Wildman–Crippen LogP) is 5.21. The molecule has 0 bridgehead atoms. The van der Waals surface area contributed by atoms with Gasteiger partial charge >= 0.3 is 0 Å². The summed E-state index contributed by atoms with van der Waals surface area (Å²) >= 11 is 0. The Balaban J connectivity index is 2.45. The maximum absolute atomic E-state index is 6.09. The molecule has 0 radical (unpaired) electrons. The van der Waals surface area contributed by atoms with Crippen LogP contribution in [0.3, 0.4) is 0 Å². The first-order valence-corrected chi connectivity index (χ1v) is 7.78. The molecule has 106 valence electrons. The standard InChI is InChI=1S/C17H32O/c1-6-8-11-18-16(10-9-14(3)7-2)15-12-17(4,5)13-15/h9-10,14-16H,6-8,11-13H2,1-5H3/b10-9+/t14-,16?/m1/s1. The zero-order valence-electron chi connectivity index (χ0n) is 13.0. The van der Waals surface area contributed by atoms with E-state index >= 15 is 0 Å². The fourth-order valence-corrected chi connectivity index (χ4v) is 2.74. The van der Waals surface area contributed by atoms with Gasteiger partial charge in [-0.05, 0) is 36.5 Å². The van der Waals surface area contributed by atoms with E-state index in [1.54, 1.807) is 0 Å². The molecule has 0 spiro atoms. The maximum atomic E-state index is 6.09. The SMILES string of the molecule is CCCCOC(/C=C/[C@H](C)CC)C1CC(C)(C)C1. The highest BCUT2D eigenvalue weighted by Crippen LogP contribution is 2.47. The van der Waals surface area contributed by atoms with Crippen molar-refractivity contribution in [2.75, 3.05) is 6.61 Å². The van der Waals surface area contributed by atoms with Gasteiger partial charge in [0.2, 0.25) is 0 Å². The van der Waals surface area contributed by atoms with Crippen molar-refractivity contribution < 1.29 is 4.74 Å². The Hall–Kier alpha value is -0.300. The Morgan fingerprint density at radius 2 is 1.89 bits per heavy atom. The lowest BCUT2D eigenvalue weighted by Crippen LogP contribution is -2.39. The maximum Gasteiger partial charge on any atom is 0.0784 e. The molecule has 1 nitrogen and oxygen atoms in total. The van der Waals surface area contributed by atoms with Crippen molar-refractivity contribution in [3.05, 3.63) is 12.2 Å². The van der Waals surface area contributed by atoms with Crippen molar-refractivity contribution in [2.45, 2.75) is 72.8 Å². The normalized spacial score (nSPS) is 22.9. The smallest absolute Gasteiger partial charge is 0.0784 e. The van der Waals surface area contributed by atoms with Crippen LogP contribution in [0.25, 0.3) is 0 Å². The molecule has 0 amide bonds. The van der Waals surface area contributed by atoms with Gasteiger partial charge in [-0.3, -0.25) is 0 Å². The minimum Gasteiger partial charge on any atom is -0.374 e. The number of unbranched alkanes of at least 4 members (excludes halogenated alkanes) is 1. The lowest BCUT2D eigenvalue weighted by molar-refractivity contribution is -0.0344. The van der Waals surface area contributed by atoms with Crippen LogP contribution in [0, 0.1) is 17.3 Å². The summed E-state index contributed by atoms with van der Waals surface area (Å²) in [5.41, 5.74) is 0.543. The Morgan fingerprint density at radius 1 is 1.22 bits per heavy atom. The van der Waals surface area contributed by atoms with Crippen LogP contribution in [0.2, 0.25) is 0 Å². The van der Waals surface area contributed by atoms with Crippen LogP contribution in [0.5, 0.6) is 0 Å². The molecule has 1 rings (SSSR count). The van der Waals surface area contributed by atoms with Gasteiger partial charge < -0.3 is 4.74 Å². The molecule has 1 heteroatoms. The second-order valence-electron chi connectivity index (χ2n) is 6.79. The minimum absolute atomic E-state index is 0.360. The van der Waals surface area contributed by atoms with Crippen LogP contribution < -0.4 is 0 Å². The first kappa shape index (κ1) is 15.8. The number of hydrogen-bond acceptors (Lipinski definition) is 1. The first-order valence-electron chi connectivity index (χ1n) is 7.78. The molecule has 0 saturated heterocycles. The lowest BCUT2D eigenvalue weighted by atomic mass is 9.62. The van der Waals surface area contributed by atoms with Crippen molar-refractivity contribution in [3.8, 4) is 0 Å². The van der Waals surface area contributed by atoms with Gasteiger partial charge in [0.15, 0.2) is 0 Å². The topological polar surface area (TPSA) is 9.23 Å². The quantitative estimate of drug-likeness (QED) is 0.425. The minimum atomic E-state index is 0.360. The summed E-state index contributed by atoms with van der Waals surface area (Å²) in [5, 5.41) is 0. The summed E-state index contributed by atoms with van der Waals surface area (Å²) in [6.45, 7) is 12.4. The second-order valence-corrected chi connectivity index (χ2v) is 6.79. The fourth-order valence-electron chi connectivity index (χ4n) is 2.74. The van der Waals surface area contributed by atoms with E-state index in [0.717, 1.165) is 12.5 Å². The summed E-state index contributed by atoms with van der Waals surface area (Å²) in [5.74, 6) is 1.42. The van der Waals surface area contributed by atoms with Gasteiger partial charge in [-0.25, -0.2) is 0 Å². The molecule has 1 fully saturated rings. The Kier molecular flexibility index (Phi) is 6.42.